The van der Waals surface area contributed by atoms with Crippen LogP contribution in [-0.2, 0) is 15.1 Å². The smallest absolute Gasteiger partial charge is 0.222 e. The van der Waals surface area contributed by atoms with Gasteiger partial charge >= 0.3 is 0 Å². The maximum Gasteiger partial charge on any atom is 0.222 e. The summed E-state index contributed by atoms with van der Waals surface area (Å²) in [6.07, 6.45) is 4.23. The molecule has 2 aromatic rings. The lowest BCUT2D eigenvalue weighted by atomic mass is 9.73. The number of rotatable bonds is 13. The van der Waals surface area contributed by atoms with Crippen LogP contribution in [0.4, 0.5) is 4.39 Å². The van der Waals surface area contributed by atoms with Crippen molar-refractivity contribution in [3.63, 3.8) is 0 Å². The number of carbonyl (C=O) groups is 1. The predicted molar refractivity (Wildman–Crippen MR) is 144 cm³/mol. The SMILES string of the molecule is CNC[C@H](C)CC(=O)N1CCC[C@@H]([C@@](O)(CCCCOC)c2ccccc2Oc2cc(F)ccc2C)C1. The quantitative estimate of drug-likeness (QED) is 0.350. The lowest BCUT2D eigenvalue weighted by molar-refractivity contribution is -0.137. The highest BCUT2D eigenvalue weighted by Gasteiger charge is 2.43. The van der Waals surface area contributed by atoms with Gasteiger partial charge in [0.2, 0.25) is 5.91 Å². The number of methoxy groups -OCH3 is 1. The zero-order valence-electron chi connectivity index (χ0n) is 22.8. The second kappa shape index (κ2) is 13.9. The summed E-state index contributed by atoms with van der Waals surface area (Å²) in [6, 6.07) is 11.9. The van der Waals surface area contributed by atoms with Crippen LogP contribution in [0.5, 0.6) is 11.5 Å². The predicted octanol–water partition coefficient (Wildman–Crippen LogP) is 5.41. The van der Waals surface area contributed by atoms with Crippen LogP contribution in [0.2, 0.25) is 0 Å². The van der Waals surface area contributed by atoms with E-state index in [2.05, 4.69) is 12.2 Å². The summed E-state index contributed by atoms with van der Waals surface area (Å²) in [5.41, 5.74) is 0.282. The highest BCUT2D eigenvalue weighted by atomic mass is 19.1. The number of piperidine rings is 1. The average molecular weight is 515 g/mol. The van der Waals surface area contributed by atoms with Gasteiger partial charge in [-0.1, -0.05) is 31.2 Å². The summed E-state index contributed by atoms with van der Waals surface area (Å²) < 4.78 is 25.5. The Hall–Kier alpha value is -2.48. The molecule has 0 aliphatic carbocycles. The second-order valence-corrected chi connectivity index (χ2v) is 10.4. The maximum atomic E-state index is 14.0. The molecule has 204 valence electrons. The molecule has 1 aliphatic rings. The monoisotopic (exact) mass is 514 g/mol. The normalized spacial score (nSPS) is 18.3. The third kappa shape index (κ3) is 7.76. The van der Waals surface area contributed by atoms with Crippen LogP contribution >= 0.6 is 0 Å². The number of nitrogens with zero attached hydrogens (tertiary/aromatic N) is 1. The highest BCUT2D eigenvalue weighted by molar-refractivity contribution is 5.76. The number of amides is 1. The number of likely N-dealkylation sites (tertiary alicyclic amines) is 1. The summed E-state index contributed by atoms with van der Waals surface area (Å²) in [5, 5.41) is 15.6. The Morgan fingerprint density at radius 2 is 2.03 bits per heavy atom. The molecule has 1 heterocycles. The minimum absolute atomic E-state index is 0.133. The number of unbranched alkanes of at least 4 members (excludes halogenated alkanes) is 1. The molecule has 3 atom stereocenters. The molecule has 37 heavy (non-hydrogen) atoms. The molecule has 1 amide bonds. The van der Waals surface area contributed by atoms with Crippen LogP contribution in [0.3, 0.4) is 0 Å². The van der Waals surface area contributed by atoms with E-state index in [-0.39, 0.29) is 23.6 Å². The van der Waals surface area contributed by atoms with Gasteiger partial charge < -0.3 is 24.8 Å². The number of halogens is 1. The molecule has 0 bridgehead atoms. The van der Waals surface area contributed by atoms with Crippen molar-refractivity contribution in [2.75, 3.05) is 40.4 Å². The highest BCUT2D eigenvalue weighted by Crippen LogP contribution is 2.44. The molecule has 7 heteroatoms. The molecule has 3 rings (SSSR count). The van der Waals surface area contributed by atoms with Gasteiger partial charge in [0.15, 0.2) is 0 Å². The van der Waals surface area contributed by atoms with Crippen LogP contribution in [-0.4, -0.2) is 56.3 Å². The van der Waals surface area contributed by atoms with E-state index in [0.717, 1.165) is 37.8 Å². The molecule has 0 aromatic heterocycles. The summed E-state index contributed by atoms with van der Waals surface area (Å²) in [5.74, 6) is 0.792. The summed E-state index contributed by atoms with van der Waals surface area (Å²) in [4.78, 5) is 15.0. The Labute approximate surface area is 221 Å². The molecular weight excluding hydrogens is 471 g/mol. The summed E-state index contributed by atoms with van der Waals surface area (Å²) in [6.45, 7) is 6.56. The third-order valence-electron chi connectivity index (χ3n) is 7.41. The van der Waals surface area contributed by atoms with Gasteiger partial charge in [-0.3, -0.25) is 4.79 Å². The summed E-state index contributed by atoms with van der Waals surface area (Å²) in [7, 11) is 3.57. The third-order valence-corrected chi connectivity index (χ3v) is 7.41. The van der Waals surface area contributed by atoms with Crippen molar-refractivity contribution < 1.29 is 23.8 Å². The van der Waals surface area contributed by atoms with E-state index in [9.17, 15) is 14.3 Å². The topological polar surface area (TPSA) is 71.0 Å². The fourth-order valence-electron chi connectivity index (χ4n) is 5.36. The van der Waals surface area contributed by atoms with Crippen molar-refractivity contribution in [2.45, 2.75) is 58.0 Å². The van der Waals surface area contributed by atoms with Gasteiger partial charge in [-0.15, -0.1) is 0 Å². The first-order valence-corrected chi connectivity index (χ1v) is 13.5. The van der Waals surface area contributed by atoms with Crippen LogP contribution < -0.4 is 10.1 Å². The number of hydrogen-bond donors (Lipinski definition) is 2. The molecule has 2 aromatic carbocycles. The van der Waals surface area contributed by atoms with Gasteiger partial charge in [0, 0.05) is 50.8 Å². The second-order valence-electron chi connectivity index (χ2n) is 10.4. The number of benzene rings is 2. The number of aliphatic hydroxyl groups is 1. The Morgan fingerprint density at radius 1 is 1.24 bits per heavy atom. The summed E-state index contributed by atoms with van der Waals surface area (Å²) >= 11 is 0. The first-order chi connectivity index (χ1) is 17.8. The van der Waals surface area contributed by atoms with Crippen molar-refractivity contribution in [2.24, 2.45) is 11.8 Å². The van der Waals surface area contributed by atoms with Crippen molar-refractivity contribution in [3.05, 3.63) is 59.4 Å². The molecule has 0 spiro atoms. The molecule has 2 N–H and O–H groups in total. The van der Waals surface area contributed by atoms with Gasteiger partial charge in [-0.2, -0.15) is 0 Å². The fraction of sp³-hybridized carbons (Fsp3) is 0.567. The van der Waals surface area contributed by atoms with Crippen molar-refractivity contribution >= 4 is 5.91 Å². The lowest BCUT2D eigenvalue weighted by Crippen LogP contribution is -2.48. The Bertz CT molecular complexity index is 1020. The van der Waals surface area contributed by atoms with Crippen LogP contribution in [0, 0.1) is 24.6 Å². The Balaban J connectivity index is 1.91. The molecule has 6 nitrogen and oxygen atoms in total. The number of ether oxygens (including phenoxy) is 2. The van der Waals surface area contributed by atoms with Crippen molar-refractivity contribution in [1.29, 1.82) is 0 Å². The van der Waals surface area contributed by atoms with E-state index in [1.807, 2.05) is 43.1 Å². The number of carbonyl (C=O) groups excluding carboxylic acids is 1. The van der Waals surface area contributed by atoms with Crippen LogP contribution in [0.1, 0.15) is 56.6 Å². The maximum absolute atomic E-state index is 14.0. The minimum Gasteiger partial charge on any atom is -0.457 e. The standard InChI is InChI=1S/C30H43FN2O4/c1-22(20-32-3)18-29(34)33-16-9-10-24(21-33)30(35,15-7-8-17-36-4)26-11-5-6-12-27(26)37-28-19-25(31)14-13-23(28)2/h5-6,11-14,19,22,24,32,35H,7-10,15-18,20-21H2,1-4H3/t22-,24-,30+/m1/s1. The van der Waals surface area contributed by atoms with Crippen LogP contribution in [0.15, 0.2) is 42.5 Å². The van der Waals surface area contributed by atoms with Gasteiger partial charge in [-0.25, -0.2) is 4.39 Å². The first kappa shape index (κ1) is 29.1. The number of hydrogen-bond acceptors (Lipinski definition) is 5. The van der Waals surface area contributed by atoms with Gasteiger partial charge in [0.1, 0.15) is 17.3 Å². The number of aryl methyl sites for hydroxylation is 1. The number of nitrogens with one attached hydrogen (secondary N) is 1. The molecule has 0 radical (unpaired) electrons. The van der Waals surface area contributed by atoms with E-state index in [1.165, 1.54) is 12.1 Å². The van der Waals surface area contributed by atoms with E-state index >= 15 is 0 Å². The zero-order valence-corrected chi connectivity index (χ0v) is 22.8. The van der Waals surface area contributed by atoms with E-state index in [4.69, 9.17) is 9.47 Å². The minimum atomic E-state index is -1.21. The fourth-order valence-corrected chi connectivity index (χ4v) is 5.36. The van der Waals surface area contributed by atoms with Crippen molar-refractivity contribution in [3.8, 4) is 11.5 Å². The molecular formula is C30H43FN2O4. The Kier molecular flexibility index (Phi) is 10.9. The van der Waals surface area contributed by atoms with Gasteiger partial charge in [0.25, 0.3) is 0 Å². The van der Waals surface area contributed by atoms with Gasteiger partial charge in [-0.05, 0) is 76.2 Å². The van der Waals surface area contributed by atoms with Crippen LogP contribution in [0.25, 0.3) is 0 Å². The van der Waals surface area contributed by atoms with Gasteiger partial charge in [0.05, 0.1) is 5.60 Å². The first-order valence-electron chi connectivity index (χ1n) is 13.5. The molecule has 1 fully saturated rings. The zero-order chi connectivity index (χ0) is 26.8. The number of para-hydroxylation sites is 1. The molecule has 0 saturated carbocycles. The van der Waals surface area contributed by atoms with E-state index in [1.54, 1.807) is 13.2 Å². The van der Waals surface area contributed by atoms with Crippen molar-refractivity contribution in [1.82, 2.24) is 10.2 Å². The molecule has 0 unspecified atom stereocenters. The molecule has 1 saturated heterocycles. The lowest BCUT2D eigenvalue weighted by Gasteiger charge is -2.43. The average Bonchev–Trinajstić information content (AvgIpc) is 2.89. The molecule has 1 aliphatic heterocycles. The largest absolute Gasteiger partial charge is 0.457 e. The van der Waals surface area contributed by atoms with E-state index < -0.39 is 5.60 Å². The van der Waals surface area contributed by atoms with E-state index in [0.29, 0.717) is 49.6 Å². The Morgan fingerprint density at radius 3 is 2.78 bits per heavy atom.